The SMILES string of the molecule is Cc1nc2cc([C@@H]3CCCN3C[C@H]3CC=CCC3)nn2c(C)c1CCC(=O)NCC1CC1. The molecule has 2 fully saturated rings. The lowest BCUT2D eigenvalue weighted by Crippen LogP contribution is -2.30. The Morgan fingerprint density at radius 2 is 2.03 bits per heavy atom. The van der Waals surface area contributed by atoms with Crippen LogP contribution in [0.15, 0.2) is 18.2 Å². The van der Waals surface area contributed by atoms with Crippen LogP contribution in [0.25, 0.3) is 5.65 Å². The largest absolute Gasteiger partial charge is 0.356 e. The fourth-order valence-corrected chi connectivity index (χ4v) is 5.51. The molecule has 0 unspecified atom stereocenters. The van der Waals surface area contributed by atoms with Crippen molar-refractivity contribution in [1.82, 2.24) is 24.8 Å². The molecule has 172 valence electrons. The normalized spacial score (nSPS) is 23.8. The zero-order valence-corrected chi connectivity index (χ0v) is 19.6. The molecular formula is C26H37N5O. The summed E-state index contributed by atoms with van der Waals surface area (Å²) >= 11 is 0. The van der Waals surface area contributed by atoms with Gasteiger partial charge >= 0.3 is 0 Å². The Kier molecular flexibility index (Phi) is 6.31. The molecule has 1 amide bonds. The fraction of sp³-hybridized carbons (Fsp3) is 0.654. The average molecular weight is 436 g/mol. The molecule has 6 nitrogen and oxygen atoms in total. The Bertz CT molecular complexity index is 1010. The van der Waals surface area contributed by atoms with Gasteiger partial charge in [-0.05, 0) is 89.2 Å². The molecule has 0 aromatic carbocycles. The number of allylic oxidation sites excluding steroid dienone is 2. The van der Waals surface area contributed by atoms with Gasteiger partial charge in [-0.15, -0.1) is 0 Å². The summed E-state index contributed by atoms with van der Waals surface area (Å²) in [4.78, 5) is 19.8. The number of fused-ring (bicyclic) bond motifs is 1. The molecule has 1 saturated carbocycles. The highest BCUT2D eigenvalue weighted by Gasteiger charge is 2.30. The number of rotatable bonds is 8. The predicted molar refractivity (Wildman–Crippen MR) is 127 cm³/mol. The van der Waals surface area contributed by atoms with Crippen molar-refractivity contribution < 1.29 is 4.79 Å². The Labute approximate surface area is 191 Å². The number of nitrogens with one attached hydrogen (secondary N) is 1. The minimum absolute atomic E-state index is 0.149. The Morgan fingerprint density at radius 3 is 2.81 bits per heavy atom. The van der Waals surface area contributed by atoms with Gasteiger partial charge in [0.05, 0.1) is 11.7 Å². The molecule has 0 spiro atoms. The van der Waals surface area contributed by atoms with E-state index in [0.29, 0.717) is 18.4 Å². The predicted octanol–water partition coefficient (Wildman–Crippen LogP) is 4.30. The van der Waals surface area contributed by atoms with Gasteiger partial charge < -0.3 is 5.32 Å². The Morgan fingerprint density at radius 1 is 1.16 bits per heavy atom. The Hall–Kier alpha value is -2.21. The minimum atomic E-state index is 0.149. The summed E-state index contributed by atoms with van der Waals surface area (Å²) in [6.07, 6.45) is 14.6. The first-order chi connectivity index (χ1) is 15.6. The van der Waals surface area contributed by atoms with Crippen molar-refractivity contribution in [3.8, 4) is 0 Å². The van der Waals surface area contributed by atoms with E-state index in [1.807, 2.05) is 4.52 Å². The molecule has 3 heterocycles. The molecule has 6 heteroatoms. The number of likely N-dealkylation sites (tertiary alicyclic amines) is 1. The standard InChI is InChI=1S/C26H37N5O/c1-18-22(12-13-26(32)27-16-20-10-11-20)19(2)31-25(28-18)15-23(29-31)24-9-6-14-30(24)17-21-7-4-3-5-8-21/h3-4,15,20-21,24H,5-14,16-17H2,1-2H3,(H,27,32)/t21-,24-/m0/s1. The van der Waals surface area contributed by atoms with Crippen LogP contribution in [0.1, 0.15) is 80.1 Å². The first kappa shape index (κ1) is 21.6. The van der Waals surface area contributed by atoms with Crippen LogP contribution in [0.5, 0.6) is 0 Å². The highest BCUT2D eigenvalue weighted by Crippen LogP contribution is 2.34. The van der Waals surface area contributed by atoms with E-state index in [-0.39, 0.29) is 5.91 Å². The second kappa shape index (κ2) is 9.34. The zero-order valence-electron chi connectivity index (χ0n) is 19.6. The van der Waals surface area contributed by atoms with E-state index in [1.54, 1.807) is 0 Å². The summed E-state index contributed by atoms with van der Waals surface area (Å²) in [6.45, 7) is 7.37. The number of aryl methyl sites for hydroxylation is 2. The lowest BCUT2D eigenvalue weighted by molar-refractivity contribution is -0.121. The van der Waals surface area contributed by atoms with Gasteiger partial charge in [0, 0.05) is 37.0 Å². The summed E-state index contributed by atoms with van der Waals surface area (Å²) in [5, 5.41) is 8.11. The van der Waals surface area contributed by atoms with Crippen molar-refractivity contribution in [2.75, 3.05) is 19.6 Å². The van der Waals surface area contributed by atoms with Gasteiger partial charge in [-0.3, -0.25) is 9.69 Å². The van der Waals surface area contributed by atoms with Crippen molar-refractivity contribution >= 4 is 11.6 Å². The molecule has 5 rings (SSSR count). The Balaban J connectivity index is 1.30. The van der Waals surface area contributed by atoms with E-state index in [4.69, 9.17) is 10.1 Å². The second-order valence-corrected chi connectivity index (χ2v) is 10.2. The van der Waals surface area contributed by atoms with E-state index in [0.717, 1.165) is 47.2 Å². The van der Waals surface area contributed by atoms with E-state index < -0.39 is 0 Å². The molecule has 32 heavy (non-hydrogen) atoms. The molecule has 1 saturated heterocycles. The lowest BCUT2D eigenvalue weighted by atomic mass is 9.93. The third-order valence-electron chi connectivity index (χ3n) is 7.65. The average Bonchev–Trinajstić information content (AvgIpc) is 3.35. The molecule has 1 N–H and O–H groups in total. The zero-order chi connectivity index (χ0) is 22.1. The van der Waals surface area contributed by atoms with Gasteiger partial charge in [-0.1, -0.05) is 12.2 Å². The summed E-state index contributed by atoms with van der Waals surface area (Å²) in [6, 6.07) is 2.59. The number of carbonyl (C=O) groups is 1. The molecule has 0 bridgehead atoms. The molecule has 2 atom stereocenters. The van der Waals surface area contributed by atoms with Crippen LogP contribution >= 0.6 is 0 Å². The third kappa shape index (κ3) is 4.75. The van der Waals surface area contributed by atoms with Crippen molar-refractivity contribution in [2.24, 2.45) is 11.8 Å². The molecule has 0 radical (unpaired) electrons. The number of nitrogens with zero attached hydrogens (tertiary/aromatic N) is 4. The van der Waals surface area contributed by atoms with Crippen molar-refractivity contribution in [3.63, 3.8) is 0 Å². The first-order valence-electron chi connectivity index (χ1n) is 12.6. The first-order valence-corrected chi connectivity index (χ1v) is 12.6. The number of amides is 1. The summed E-state index contributed by atoms with van der Waals surface area (Å²) in [5.41, 5.74) is 5.39. The highest BCUT2D eigenvalue weighted by molar-refractivity contribution is 5.76. The fourth-order valence-electron chi connectivity index (χ4n) is 5.51. The van der Waals surface area contributed by atoms with E-state index >= 15 is 0 Å². The van der Waals surface area contributed by atoms with E-state index in [2.05, 4.69) is 42.3 Å². The number of hydrogen-bond acceptors (Lipinski definition) is 4. The molecule has 2 aromatic rings. The summed E-state index contributed by atoms with van der Waals surface area (Å²) in [7, 11) is 0. The van der Waals surface area contributed by atoms with Gasteiger partial charge in [-0.2, -0.15) is 5.10 Å². The molecule has 2 aromatic heterocycles. The topological polar surface area (TPSA) is 62.5 Å². The maximum absolute atomic E-state index is 12.2. The van der Waals surface area contributed by atoms with Gasteiger partial charge in [-0.25, -0.2) is 9.50 Å². The molecule has 3 aliphatic rings. The number of aromatic nitrogens is 3. The monoisotopic (exact) mass is 435 g/mol. The minimum Gasteiger partial charge on any atom is -0.356 e. The van der Waals surface area contributed by atoms with Crippen LogP contribution in [-0.2, 0) is 11.2 Å². The molecule has 1 aliphatic heterocycles. The van der Waals surface area contributed by atoms with Crippen LogP contribution in [0.4, 0.5) is 0 Å². The number of carbonyl (C=O) groups excluding carboxylic acids is 1. The molecule has 2 aliphatic carbocycles. The highest BCUT2D eigenvalue weighted by atomic mass is 16.1. The van der Waals surface area contributed by atoms with Gasteiger partial charge in [0.15, 0.2) is 5.65 Å². The summed E-state index contributed by atoms with van der Waals surface area (Å²) < 4.78 is 2.01. The molecular weight excluding hydrogens is 398 g/mol. The van der Waals surface area contributed by atoms with E-state index in [1.165, 1.54) is 58.0 Å². The lowest BCUT2D eigenvalue weighted by Gasteiger charge is -2.28. The van der Waals surface area contributed by atoms with Crippen molar-refractivity contribution in [1.29, 1.82) is 0 Å². The van der Waals surface area contributed by atoms with Crippen LogP contribution in [-0.4, -0.2) is 45.0 Å². The van der Waals surface area contributed by atoms with Gasteiger partial charge in [0.2, 0.25) is 5.91 Å². The van der Waals surface area contributed by atoms with Gasteiger partial charge in [0.25, 0.3) is 0 Å². The van der Waals surface area contributed by atoms with Crippen LogP contribution in [0.3, 0.4) is 0 Å². The maximum atomic E-state index is 12.2. The van der Waals surface area contributed by atoms with Crippen LogP contribution < -0.4 is 5.32 Å². The van der Waals surface area contributed by atoms with Crippen molar-refractivity contribution in [3.05, 3.63) is 40.9 Å². The van der Waals surface area contributed by atoms with Gasteiger partial charge in [0.1, 0.15) is 0 Å². The maximum Gasteiger partial charge on any atom is 0.220 e. The van der Waals surface area contributed by atoms with Crippen molar-refractivity contribution in [2.45, 2.75) is 77.7 Å². The van der Waals surface area contributed by atoms with Crippen LogP contribution in [0.2, 0.25) is 0 Å². The van der Waals surface area contributed by atoms with Crippen LogP contribution in [0, 0.1) is 25.7 Å². The second-order valence-electron chi connectivity index (χ2n) is 10.2. The summed E-state index contributed by atoms with van der Waals surface area (Å²) in [5.74, 6) is 1.64. The quantitative estimate of drug-likeness (QED) is 0.628. The third-order valence-corrected chi connectivity index (χ3v) is 7.65. The van der Waals surface area contributed by atoms with E-state index in [9.17, 15) is 4.79 Å². The number of hydrogen-bond donors (Lipinski definition) is 1. The smallest absolute Gasteiger partial charge is 0.220 e.